The number of aryl methyl sites for hydroxylation is 1. The molecule has 0 bridgehead atoms. The van der Waals surface area contributed by atoms with Gasteiger partial charge in [-0.05, 0) is 63.9 Å². The maximum Gasteiger partial charge on any atom is 0.0520 e. The first-order valence-electron chi connectivity index (χ1n) is 8.60. The van der Waals surface area contributed by atoms with E-state index in [1.165, 1.54) is 69.2 Å². The van der Waals surface area contributed by atoms with Crippen molar-refractivity contribution >= 4 is 0 Å². The molecule has 2 fully saturated rings. The summed E-state index contributed by atoms with van der Waals surface area (Å²) in [6, 6.07) is 2.73. The number of nitrogens with zero attached hydrogens (tertiary/aromatic N) is 2. The fourth-order valence-electron chi connectivity index (χ4n) is 4.60. The molecule has 1 saturated carbocycles. The molecule has 3 nitrogen and oxygen atoms in total. The first-order chi connectivity index (χ1) is 10.3. The van der Waals surface area contributed by atoms with Crippen LogP contribution in [-0.2, 0) is 0 Å². The lowest BCUT2D eigenvalue weighted by atomic mass is 9.81. The zero-order valence-corrected chi connectivity index (χ0v) is 13.6. The van der Waals surface area contributed by atoms with Crippen molar-refractivity contribution in [2.45, 2.75) is 63.5 Å². The quantitative estimate of drug-likeness (QED) is 0.919. The number of nitrogens with one attached hydrogen (secondary N) is 1. The van der Waals surface area contributed by atoms with E-state index >= 15 is 0 Å². The second kappa shape index (κ2) is 6.45. The molecule has 0 radical (unpaired) electrons. The highest BCUT2D eigenvalue weighted by Gasteiger charge is 2.46. The minimum Gasteiger partial charge on any atom is -0.311 e. The standard InChI is InChI=1S/C18H29N3/c1-15-12-16(14-20-13-15)17(19-2)18(8-4-5-9-18)21-10-6-3-7-11-21/h12-14,17,19H,3-11H2,1-2H3. The Morgan fingerprint density at radius 1 is 1.10 bits per heavy atom. The van der Waals surface area contributed by atoms with E-state index in [2.05, 4.69) is 41.4 Å². The Morgan fingerprint density at radius 3 is 2.43 bits per heavy atom. The van der Waals surface area contributed by atoms with Crippen molar-refractivity contribution in [2.75, 3.05) is 20.1 Å². The third kappa shape index (κ3) is 2.86. The van der Waals surface area contributed by atoms with Crippen LogP contribution >= 0.6 is 0 Å². The van der Waals surface area contributed by atoms with E-state index in [0.717, 1.165) is 0 Å². The van der Waals surface area contributed by atoms with Gasteiger partial charge >= 0.3 is 0 Å². The fourth-order valence-corrected chi connectivity index (χ4v) is 4.60. The summed E-state index contributed by atoms with van der Waals surface area (Å²) in [5.74, 6) is 0. The number of likely N-dealkylation sites (tertiary alicyclic amines) is 1. The van der Waals surface area contributed by atoms with Crippen LogP contribution in [0.1, 0.15) is 62.1 Å². The first-order valence-corrected chi connectivity index (χ1v) is 8.60. The molecular formula is C18H29N3. The Bertz CT molecular complexity index is 459. The average Bonchev–Trinajstić information content (AvgIpc) is 3.00. The number of likely N-dealkylation sites (N-methyl/N-ethyl adjacent to an activating group) is 1. The molecule has 0 amide bonds. The lowest BCUT2D eigenvalue weighted by molar-refractivity contribution is 0.0382. The van der Waals surface area contributed by atoms with Crippen molar-refractivity contribution in [2.24, 2.45) is 0 Å². The Hall–Kier alpha value is -0.930. The summed E-state index contributed by atoms with van der Waals surface area (Å²) in [7, 11) is 2.12. The average molecular weight is 287 g/mol. The molecule has 1 N–H and O–H groups in total. The maximum atomic E-state index is 4.44. The molecule has 1 aromatic rings. The van der Waals surface area contributed by atoms with E-state index in [4.69, 9.17) is 0 Å². The topological polar surface area (TPSA) is 28.2 Å². The van der Waals surface area contributed by atoms with E-state index in [-0.39, 0.29) is 0 Å². The normalized spacial score (nSPS) is 24.1. The van der Waals surface area contributed by atoms with Crippen molar-refractivity contribution < 1.29 is 0 Å². The van der Waals surface area contributed by atoms with Crippen LogP contribution in [-0.4, -0.2) is 35.6 Å². The predicted octanol–water partition coefficient (Wildman–Crippen LogP) is 3.45. The Labute approximate surface area is 129 Å². The van der Waals surface area contributed by atoms with E-state index < -0.39 is 0 Å². The van der Waals surface area contributed by atoms with Crippen molar-refractivity contribution in [1.29, 1.82) is 0 Å². The molecule has 1 atom stereocenters. The van der Waals surface area contributed by atoms with Crippen LogP contribution < -0.4 is 5.32 Å². The lowest BCUT2D eigenvalue weighted by Gasteiger charge is -2.48. The molecule has 21 heavy (non-hydrogen) atoms. The monoisotopic (exact) mass is 287 g/mol. The smallest absolute Gasteiger partial charge is 0.0520 e. The molecule has 116 valence electrons. The van der Waals surface area contributed by atoms with Crippen molar-refractivity contribution in [3.63, 3.8) is 0 Å². The molecule has 1 saturated heterocycles. The van der Waals surface area contributed by atoms with Crippen LogP contribution in [0.4, 0.5) is 0 Å². The largest absolute Gasteiger partial charge is 0.311 e. The number of pyridine rings is 1. The van der Waals surface area contributed by atoms with Gasteiger partial charge in [0.2, 0.25) is 0 Å². The number of rotatable bonds is 4. The van der Waals surface area contributed by atoms with Crippen molar-refractivity contribution in [1.82, 2.24) is 15.2 Å². The zero-order valence-electron chi connectivity index (χ0n) is 13.6. The van der Waals surface area contributed by atoms with E-state index in [1.807, 2.05) is 6.20 Å². The van der Waals surface area contributed by atoms with Crippen molar-refractivity contribution in [3.05, 3.63) is 29.6 Å². The third-order valence-corrected chi connectivity index (χ3v) is 5.51. The van der Waals surface area contributed by atoms with E-state index in [9.17, 15) is 0 Å². The van der Waals surface area contributed by atoms with Gasteiger partial charge in [-0.1, -0.05) is 25.3 Å². The Balaban J connectivity index is 1.93. The van der Waals surface area contributed by atoms with Crippen molar-refractivity contribution in [3.8, 4) is 0 Å². The van der Waals surface area contributed by atoms with Gasteiger partial charge in [0.05, 0.1) is 6.04 Å². The molecule has 1 aliphatic carbocycles. The van der Waals surface area contributed by atoms with Crippen LogP contribution in [0.5, 0.6) is 0 Å². The van der Waals surface area contributed by atoms with Gasteiger partial charge < -0.3 is 5.32 Å². The first kappa shape index (κ1) is 15.0. The maximum absolute atomic E-state index is 4.44. The number of hydrogen-bond acceptors (Lipinski definition) is 3. The summed E-state index contributed by atoms with van der Waals surface area (Å²) >= 11 is 0. The summed E-state index contributed by atoms with van der Waals surface area (Å²) in [5, 5.41) is 3.64. The third-order valence-electron chi connectivity index (χ3n) is 5.51. The highest BCUT2D eigenvalue weighted by atomic mass is 15.2. The molecule has 0 aromatic carbocycles. The summed E-state index contributed by atoms with van der Waals surface area (Å²) in [5.41, 5.74) is 2.94. The Morgan fingerprint density at radius 2 is 1.81 bits per heavy atom. The highest BCUT2D eigenvalue weighted by Crippen LogP contribution is 2.45. The summed E-state index contributed by atoms with van der Waals surface area (Å²) in [4.78, 5) is 7.24. The number of piperidine rings is 1. The summed E-state index contributed by atoms with van der Waals surface area (Å²) < 4.78 is 0. The molecule has 1 aromatic heterocycles. The zero-order chi connectivity index (χ0) is 14.7. The summed E-state index contributed by atoms with van der Waals surface area (Å²) in [6.45, 7) is 4.69. The van der Waals surface area contributed by atoms with Gasteiger partial charge in [0.1, 0.15) is 0 Å². The molecule has 3 rings (SSSR count). The second-order valence-electron chi connectivity index (χ2n) is 6.88. The van der Waals surface area contributed by atoms with Crippen LogP contribution in [0.2, 0.25) is 0 Å². The minimum atomic E-state index is 0.310. The second-order valence-corrected chi connectivity index (χ2v) is 6.88. The molecule has 1 aliphatic heterocycles. The summed E-state index contributed by atoms with van der Waals surface area (Å²) in [6.07, 6.45) is 13.6. The van der Waals surface area contributed by atoms with Crippen LogP contribution in [0, 0.1) is 6.92 Å². The van der Waals surface area contributed by atoms with Gasteiger partial charge in [-0.3, -0.25) is 9.88 Å². The molecule has 0 spiro atoms. The van der Waals surface area contributed by atoms with Gasteiger partial charge in [-0.25, -0.2) is 0 Å². The fraction of sp³-hybridized carbons (Fsp3) is 0.722. The van der Waals surface area contributed by atoms with Gasteiger partial charge in [0.15, 0.2) is 0 Å². The number of aromatic nitrogens is 1. The minimum absolute atomic E-state index is 0.310. The lowest BCUT2D eigenvalue weighted by Crippen LogP contribution is -2.56. The van der Waals surface area contributed by atoms with E-state index in [0.29, 0.717) is 11.6 Å². The van der Waals surface area contributed by atoms with Crippen LogP contribution in [0.15, 0.2) is 18.5 Å². The Kier molecular flexibility index (Phi) is 4.60. The SMILES string of the molecule is CNC(c1cncc(C)c1)C1(N2CCCCC2)CCCC1. The number of hydrogen-bond donors (Lipinski definition) is 1. The molecule has 1 unspecified atom stereocenters. The van der Waals surface area contributed by atoms with Gasteiger partial charge in [-0.2, -0.15) is 0 Å². The molecule has 2 aliphatic rings. The van der Waals surface area contributed by atoms with Gasteiger partial charge in [-0.15, -0.1) is 0 Å². The predicted molar refractivity (Wildman–Crippen MR) is 87.4 cm³/mol. The molecular weight excluding hydrogens is 258 g/mol. The highest BCUT2D eigenvalue weighted by molar-refractivity contribution is 5.25. The van der Waals surface area contributed by atoms with E-state index in [1.54, 1.807) is 0 Å². The van der Waals surface area contributed by atoms with Gasteiger partial charge in [0.25, 0.3) is 0 Å². The molecule has 3 heteroatoms. The van der Waals surface area contributed by atoms with Crippen LogP contribution in [0.3, 0.4) is 0 Å². The van der Waals surface area contributed by atoms with Crippen LogP contribution in [0.25, 0.3) is 0 Å². The molecule has 2 heterocycles. The van der Waals surface area contributed by atoms with Gasteiger partial charge in [0, 0.05) is 17.9 Å².